The van der Waals surface area contributed by atoms with Gasteiger partial charge >= 0.3 is 0 Å². The number of carbonyl (C=O) groups excluding carboxylic acids is 2. The average molecular weight is 586 g/mol. The summed E-state index contributed by atoms with van der Waals surface area (Å²) in [5, 5.41) is 16.8. The predicted octanol–water partition coefficient (Wildman–Crippen LogP) is 1.52. The summed E-state index contributed by atoms with van der Waals surface area (Å²) in [6.07, 6.45) is -0.957. The molecule has 7 nitrogen and oxygen atoms in total. The van der Waals surface area contributed by atoms with Crippen LogP contribution in [-0.4, -0.2) is 78.6 Å². The van der Waals surface area contributed by atoms with E-state index in [-0.39, 0.29) is 37.9 Å². The fourth-order valence-electron chi connectivity index (χ4n) is 3.82. The number of hydrogen-bond acceptors (Lipinski definition) is 5. The molecule has 0 unspecified atom stereocenters. The molecule has 2 atom stereocenters. The van der Waals surface area contributed by atoms with Gasteiger partial charge in [-0.3, -0.25) is 14.5 Å². The van der Waals surface area contributed by atoms with E-state index in [0.29, 0.717) is 25.2 Å². The first-order chi connectivity index (χ1) is 16.2. The molecular formula is C24H29F2IN4O3. The number of nitrogens with one attached hydrogen (secondary N) is 2. The van der Waals surface area contributed by atoms with Gasteiger partial charge in [-0.1, -0.05) is 12.1 Å². The van der Waals surface area contributed by atoms with E-state index in [1.807, 2.05) is 24.3 Å². The van der Waals surface area contributed by atoms with Crippen LogP contribution in [0.3, 0.4) is 0 Å². The first-order valence-electron chi connectivity index (χ1n) is 11.0. The van der Waals surface area contributed by atoms with E-state index in [1.165, 1.54) is 12.1 Å². The largest absolute Gasteiger partial charge is 0.390 e. The topological polar surface area (TPSA) is 84.9 Å². The summed E-state index contributed by atoms with van der Waals surface area (Å²) >= 11 is 2.22. The third kappa shape index (κ3) is 8.26. The van der Waals surface area contributed by atoms with Crippen LogP contribution in [0.5, 0.6) is 0 Å². The third-order valence-corrected chi connectivity index (χ3v) is 6.33. The number of rotatable bonds is 10. The van der Waals surface area contributed by atoms with Gasteiger partial charge in [-0.25, -0.2) is 8.78 Å². The Balaban J connectivity index is 1.62. The maximum Gasteiger partial charge on any atom is 0.236 e. The van der Waals surface area contributed by atoms with Gasteiger partial charge in [0.15, 0.2) is 0 Å². The van der Waals surface area contributed by atoms with Gasteiger partial charge in [0.1, 0.15) is 11.6 Å². The summed E-state index contributed by atoms with van der Waals surface area (Å²) in [5.41, 5.74) is 1.38. The van der Waals surface area contributed by atoms with E-state index in [1.54, 1.807) is 16.8 Å². The van der Waals surface area contributed by atoms with Crippen molar-refractivity contribution in [2.24, 2.45) is 0 Å². The smallest absolute Gasteiger partial charge is 0.236 e. The van der Waals surface area contributed by atoms with Gasteiger partial charge in [0.05, 0.1) is 25.2 Å². The molecule has 1 saturated heterocycles. The second-order valence-corrected chi connectivity index (χ2v) is 9.76. The molecule has 3 rings (SSSR count). The van der Waals surface area contributed by atoms with Crippen molar-refractivity contribution in [1.29, 1.82) is 0 Å². The van der Waals surface area contributed by atoms with Gasteiger partial charge < -0.3 is 20.6 Å². The molecule has 0 aromatic heterocycles. The van der Waals surface area contributed by atoms with Crippen LogP contribution in [0.15, 0.2) is 42.5 Å². The zero-order chi connectivity index (χ0) is 24.7. The van der Waals surface area contributed by atoms with Crippen LogP contribution in [0.1, 0.15) is 11.1 Å². The fourth-order valence-corrected chi connectivity index (χ4v) is 4.42. The standard InChI is InChI=1S/C24H29F2IN4O3/c1-30-5-6-31(15-24(30)34)14-23(33)29-21(10-17-7-18(25)11-19(26)8-17)22(32)13-28-12-16-3-2-4-20(27)9-16/h2-4,7-9,11,21-22,28,32H,5-6,10,12-15H2,1H3,(H,29,33)/t21-,22-/m0/s1. The minimum atomic E-state index is -1.01. The van der Waals surface area contributed by atoms with Crippen LogP contribution >= 0.6 is 22.6 Å². The summed E-state index contributed by atoms with van der Waals surface area (Å²) in [6, 6.07) is 10.3. The summed E-state index contributed by atoms with van der Waals surface area (Å²) in [6.45, 7) is 1.92. The van der Waals surface area contributed by atoms with E-state index in [9.17, 15) is 23.5 Å². The number of aliphatic hydroxyl groups excluding tert-OH is 1. The number of piperazine rings is 1. The summed E-state index contributed by atoms with van der Waals surface area (Å²) < 4.78 is 28.5. The molecule has 0 radical (unpaired) electrons. The Hall–Kier alpha value is -2.15. The lowest BCUT2D eigenvalue weighted by Gasteiger charge is -2.32. The van der Waals surface area contributed by atoms with Crippen LogP contribution in [0.4, 0.5) is 8.78 Å². The molecular weight excluding hydrogens is 557 g/mol. The van der Waals surface area contributed by atoms with E-state index in [4.69, 9.17) is 0 Å². The molecule has 1 fully saturated rings. The molecule has 1 aliphatic rings. The lowest BCUT2D eigenvalue weighted by Crippen LogP contribution is -2.54. The highest BCUT2D eigenvalue weighted by atomic mass is 127. The molecule has 1 aliphatic heterocycles. The SMILES string of the molecule is CN1CCN(CC(=O)N[C@@H](Cc2cc(F)cc(F)c2)[C@@H](O)CNCc2cccc(I)c2)CC1=O. The van der Waals surface area contributed by atoms with Crippen molar-refractivity contribution in [3.8, 4) is 0 Å². The lowest BCUT2D eigenvalue weighted by molar-refractivity contribution is -0.135. The Kier molecular flexibility index (Phi) is 9.74. The highest BCUT2D eigenvalue weighted by Gasteiger charge is 2.26. The molecule has 34 heavy (non-hydrogen) atoms. The number of amides is 2. The van der Waals surface area contributed by atoms with E-state index < -0.39 is 23.8 Å². The average Bonchev–Trinajstić information content (AvgIpc) is 2.75. The second-order valence-electron chi connectivity index (χ2n) is 8.51. The van der Waals surface area contributed by atoms with Crippen LogP contribution < -0.4 is 10.6 Å². The van der Waals surface area contributed by atoms with Crippen LogP contribution in [0.25, 0.3) is 0 Å². The Labute approximate surface area is 211 Å². The van der Waals surface area contributed by atoms with Crippen molar-refractivity contribution < 1.29 is 23.5 Å². The number of aliphatic hydroxyl groups is 1. The van der Waals surface area contributed by atoms with Gasteiger partial charge in [-0.2, -0.15) is 0 Å². The Morgan fingerprint density at radius 3 is 2.56 bits per heavy atom. The summed E-state index contributed by atoms with van der Waals surface area (Å²) in [5.74, 6) is -1.87. The van der Waals surface area contributed by atoms with Crippen molar-refractivity contribution in [2.45, 2.75) is 25.1 Å². The quantitative estimate of drug-likeness (QED) is 0.368. The normalized spacial score (nSPS) is 16.4. The second kappa shape index (κ2) is 12.5. The molecule has 0 saturated carbocycles. The zero-order valence-electron chi connectivity index (χ0n) is 18.9. The predicted molar refractivity (Wildman–Crippen MR) is 133 cm³/mol. The van der Waals surface area contributed by atoms with Gasteiger partial charge in [0.25, 0.3) is 0 Å². The van der Waals surface area contributed by atoms with Crippen molar-refractivity contribution in [3.63, 3.8) is 0 Å². The number of hydrogen-bond donors (Lipinski definition) is 3. The summed E-state index contributed by atoms with van der Waals surface area (Å²) in [7, 11) is 1.72. The molecule has 184 valence electrons. The van der Waals surface area contributed by atoms with Gasteiger partial charge in [0.2, 0.25) is 11.8 Å². The molecule has 2 aromatic rings. The molecule has 0 spiro atoms. The Bertz CT molecular complexity index is 990. The molecule has 3 N–H and O–H groups in total. The molecule has 10 heteroatoms. The Morgan fingerprint density at radius 2 is 1.88 bits per heavy atom. The number of likely N-dealkylation sites (N-methyl/N-ethyl adjacent to an activating group) is 1. The molecule has 2 aromatic carbocycles. The highest BCUT2D eigenvalue weighted by Crippen LogP contribution is 2.13. The van der Waals surface area contributed by atoms with Crippen molar-refractivity contribution >= 4 is 34.4 Å². The van der Waals surface area contributed by atoms with Crippen LogP contribution in [0.2, 0.25) is 0 Å². The van der Waals surface area contributed by atoms with E-state index in [2.05, 4.69) is 33.2 Å². The number of carbonyl (C=O) groups is 2. The lowest BCUT2D eigenvalue weighted by atomic mass is 10.0. The van der Waals surface area contributed by atoms with Crippen molar-refractivity contribution in [2.75, 3.05) is 39.8 Å². The fraction of sp³-hybridized carbons (Fsp3) is 0.417. The first kappa shape index (κ1) is 26.5. The molecule has 1 heterocycles. The van der Waals surface area contributed by atoms with Crippen LogP contribution in [0, 0.1) is 15.2 Å². The van der Waals surface area contributed by atoms with Crippen molar-refractivity contribution in [3.05, 3.63) is 68.8 Å². The van der Waals surface area contributed by atoms with E-state index in [0.717, 1.165) is 15.2 Å². The van der Waals surface area contributed by atoms with Crippen LogP contribution in [-0.2, 0) is 22.6 Å². The molecule has 0 bridgehead atoms. The van der Waals surface area contributed by atoms with Gasteiger partial charge in [-0.15, -0.1) is 0 Å². The van der Waals surface area contributed by atoms with E-state index >= 15 is 0 Å². The first-order valence-corrected chi connectivity index (χ1v) is 12.1. The third-order valence-electron chi connectivity index (χ3n) is 5.66. The monoisotopic (exact) mass is 586 g/mol. The Morgan fingerprint density at radius 1 is 1.15 bits per heavy atom. The van der Waals surface area contributed by atoms with Gasteiger partial charge in [-0.05, 0) is 64.4 Å². The zero-order valence-corrected chi connectivity index (χ0v) is 21.1. The number of halogens is 3. The summed E-state index contributed by atoms with van der Waals surface area (Å²) in [4.78, 5) is 28.0. The molecule has 0 aliphatic carbocycles. The minimum Gasteiger partial charge on any atom is -0.390 e. The minimum absolute atomic E-state index is 0.00378. The molecule has 2 amide bonds. The number of benzene rings is 2. The van der Waals surface area contributed by atoms with Gasteiger partial charge in [0, 0.05) is 42.9 Å². The van der Waals surface area contributed by atoms with Crippen molar-refractivity contribution in [1.82, 2.24) is 20.4 Å². The number of nitrogens with zero attached hydrogens (tertiary/aromatic N) is 2. The maximum atomic E-state index is 13.7. The highest BCUT2D eigenvalue weighted by molar-refractivity contribution is 14.1. The maximum absolute atomic E-state index is 13.7.